The summed E-state index contributed by atoms with van der Waals surface area (Å²) in [5, 5.41) is 6.70. The van der Waals surface area contributed by atoms with Crippen LogP contribution in [0.25, 0.3) is 11.6 Å². The van der Waals surface area contributed by atoms with Gasteiger partial charge in [-0.25, -0.2) is 8.42 Å². The average Bonchev–Trinajstić information content (AvgIpc) is 3.52. The molecular formula is C22H22N2O5S3. The van der Waals surface area contributed by atoms with Gasteiger partial charge in [0.15, 0.2) is 0 Å². The highest BCUT2D eigenvalue weighted by molar-refractivity contribution is 7.89. The summed E-state index contributed by atoms with van der Waals surface area (Å²) in [5.41, 5.74) is 0.784. The number of ether oxygens (including phenoxy) is 2. The van der Waals surface area contributed by atoms with E-state index in [4.69, 9.17) is 9.47 Å². The molecule has 1 aliphatic heterocycles. The van der Waals surface area contributed by atoms with Crippen molar-refractivity contribution >= 4 is 55.9 Å². The Hall–Kier alpha value is -2.50. The first-order valence-corrected chi connectivity index (χ1v) is 13.1. The Bertz CT molecular complexity index is 1200. The Morgan fingerprint density at radius 1 is 1.12 bits per heavy atom. The molecule has 0 radical (unpaired) electrons. The van der Waals surface area contributed by atoms with Gasteiger partial charge >= 0.3 is 0 Å². The summed E-state index contributed by atoms with van der Waals surface area (Å²) in [4.78, 5) is 15.1. The summed E-state index contributed by atoms with van der Waals surface area (Å²) in [5.74, 6) is 0.0287. The Balaban J connectivity index is 1.66. The van der Waals surface area contributed by atoms with Crippen molar-refractivity contribution in [2.75, 3.05) is 38.7 Å². The van der Waals surface area contributed by atoms with Crippen molar-refractivity contribution in [3.05, 3.63) is 63.0 Å². The first-order chi connectivity index (χ1) is 15.5. The lowest BCUT2D eigenvalue weighted by molar-refractivity contribution is -0.111. The fraction of sp³-hybridized carbons (Fsp3) is 0.227. The van der Waals surface area contributed by atoms with Crippen LogP contribution in [0, 0.1) is 0 Å². The van der Waals surface area contributed by atoms with Gasteiger partial charge in [-0.2, -0.15) is 4.31 Å². The van der Waals surface area contributed by atoms with Crippen LogP contribution in [0.1, 0.15) is 9.75 Å². The summed E-state index contributed by atoms with van der Waals surface area (Å²) in [7, 11) is -2.24. The molecule has 1 aliphatic rings. The van der Waals surface area contributed by atoms with E-state index in [2.05, 4.69) is 5.32 Å². The van der Waals surface area contributed by atoms with E-state index >= 15 is 0 Å². The van der Waals surface area contributed by atoms with Crippen molar-refractivity contribution in [2.45, 2.75) is 4.90 Å². The molecule has 1 aromatic carbocycles. The second kappa shape index (κ2) is 9.97. The van der Waals surface area contributed by atoms with Crippen LogP contribution in [0.3, 0.4) is 0 Å². The third-order valence-corrected chi connectivity index (χ3v) is 8.51. The van der Waals surface area contributed by atoms with Gasteiger partial charge in [0.25, 0.3) is 5.91 Å². The highest BCUT2D eigenvalue weighted by Crippen LogP contribution is 2.32. The number of nitrogens with one attached hydrogen (secondary N) is 1. The molecular weight excluding hydrogens is 468 g/mol. The van der Waals surface area contributed by atoms with Gasteiger partial charge in [0.2, 0.25) is 10.0 Å². The monoisotopic (exact) mass is 490 g/mol. The SMILES string of the molecule is COc1ccc(S(=O)(=O)N2CCOCC2)cc1NC(=O)/C(=C/c1cccs1)c1cccs1. The smallest absolute Gasteiger partial charge is 0.257 e. The Kier molecular flexibility index (Phi) is 7.07. The number of benzene rings is 1. The zero-order valence-electron chi connectivity index (χ0n) is 17.3. The minimum atomic E-state index is -3.71. The first kappa shape index (κ1) is 22.7. The van der Waals surface area contributed by atoms with Gasteiger partial charge in [0, 0.05) is 22.8 Å². The van der Waals surface area contributed by atoms with Crippen LogP contribution in [-0.4, -0.2) is 52.0 Å². The highest BCUT2D eigenvalue weighted by atomic mass is 32.2. The lowest BCUT2D eigenvalue weighted by Crippen LogP contribution is -2.40. The number of rotatable bonds is 7. The maximum Gasteiger partial charge on any atom is 0.257 e. The summed E-state index contributed by atoms with van der Waals surface area (Å²) < 4.78 is 38.2. The summed E-state index contributed by atoms with van der Waals surface area (Å²) in [6.07, 6.45) is 1.83. The Labute approximate surface area is 195 Å². The molecule has 32 heavy (non-hydrogen) atoms. The largest absolute Gasteiger partial charge is 0.495 e. The lowest BCUT2D eigenvalue weighted by atomic mass is 10.1. The lowest BCUT2D eigenvalue weighted by Gasteiger charge is -2.26. The number of hydrogen-bond acceptors (Lipinski definition) is 7. The van der Waals surface area contributed by atoms with Gasteiger partial charge in [0.05, 0.1) is 36.5 Å². The molecule has 10 heteroatoms. The molecule has 0 unspecified atom stereocenters. The average molecular weight is 491 g/mol. The van der Waals surface area contributed by atoms with E-state index in [-0.39, 0.29) is 10.8 Å². The number of amides is 1. The predicted molar refractivity (Wildman–Crippen MR) is 128 cm³/mol. The van der Waals surface area contributed by atoms with Gasteiger partial charge in [-0.05, 0) is 47.2 Å². The van der Waals surface area contributed by atoms with Gasteiger partial charge in [-0.15, -0.1) is 22.7 Å². The summed E-state index contributed by atoms with van der Waals surface area (Å²) in [6, 6.07) is 12.1. The minimum Gasteiger partial charge on any atom is -0.495 e. The Morgan fingerprint density at radius 2 is 1.88 bits per heavy atom. The predicted octanol–water partition coefficient (Wildman–Crippen LogP) is 4.02. The number of hydrogen-bond donors (Lipinski definition) is 1. The van der Waals surface area contributed by atoms with Crippen LogP contribution in [0.2, 0.25) is 0 Å². The molecule has 0 atom stereocenters. The summed E-state index contributed by atoms with van der Waals surface area (Å²) >= 11 is 2.99. The molecule has 3 aromatic rings. The quantitative estimate of drug-likeness (QED) is 0.506. The van der Waals surface area contributed by atoms with E-state index in [1.54, 1.807) is 6.07 Å². The molecule has 0 bridgehead atoms. The third kappa shape index (κ3) is 4.94. The minimum absolute atomic E-state index is 0.0930. The molecule has 0 aliphatic carbocycles. The standard InChI is InChI=1S/C22H22N2O5S3/c1-28-20-7-6-17(32(26,27)24-8-10-29-11-9-24)15-19(20)23-22(25)18(21-5-3-13-31-21)14-16-4-2-12-30-16/h2-7,12-15H,8-11H2,1H3,(H,23,25)/b18-14+. The molecule has 168 valence electrons. The molecule has 1 saturated heterocycles. The first-order valence-electron chi connectivity index (χ1n) is 9.85. The zero-order chi connectivity index (χ0) is 22.6. The second-order valence-electron chi connectivity index (χ2n) is 6.88. The number of carbonyl (C=O) groups is 1. The number of sulfonamides is 1. The van der Waals surface area contributed by atoms with Gasteiger partial charge in [-0.3, -0.25) is 4.79 Å². The number of carbonyl (C=O) groups excluding carboxylic acids is 1. The van der Waals surface area contributed by atoms with Crippen LogP contribution in [0.15, 0.2) is 58.1 Å². The second-order valence-corrected chi connectivity index (χ2v) is 10.7. The molecule has 0 spiro atoms. The fourth-order valence-corrected chi connectivity index (χ4v) is 6.10. The number of morpholine rings is 1. The van der Waals surface area contributed by atoms with E-state index in [0.29, 0.717) is 43.3 Å². The molecule has 4 rings (SSSR count). The van der Waals surface area contributed by atoms with Crippen molar-refractivity contribution in [2.24, 2.45) is 0 Å². The fourth-order valence-electron chi connectivity index (χ4n) is 3.27. The van der Waals surface area contributed by atoms with Crippen LogP contribution < -0.4 is 10.1 Å². The molecule has 7 nitrogen and oxygen atoms in total. The van der Waals surface area contributed by atoms with Crippen molar-refractivity contribution in [1.29, 1.82) is 0 Å². The normalized spacial score (nSPS) is 15.5. The van der Waals surface area contributed by atoms with Crippen LogP contribution >= 0.6 is 22.7 Å². The van der Waals surface area contributed by atoms with Crippen molar-refractivity contribution in [1.82, 2.24) is 4.31 Å². The van der Waals surface area contributed by atoms with E-state index in [9.17, 15) is 13.2 Å². The molecule has 1 N–H and O–H groups in total. The Morgan fingerprint density at radius 3 is 2.53 bits per heavy atom. The number of thiophene rings is 2. The van der Waals surface area contributed by atoms with E-state index in [1.807, 2.05) is 41.1 Å². The van der Waals surface area contributed by atoms with Crippen molar-refractivity contribution in [3.8, 4) is 5.75 Å². The number of anilines is 1. The molecule has 3 heterocycles. The van der Waals surface area contributed by atoms with Gasteiger partial charge < -0.3 is 14.8 Å². The number of nitrogens with zero attached hydrogens (tertiary/aromatic N) is 1. The van der Waals surface area contributed by atoms with Gasteiger partial charge in [0.1, 0.15) is 5.75 Å². The topological polar surface area (TPSA) is 84.9 Å². The molecule has 2 aromatic heterocycles. The van der Waals surface area contributed by atoms with Crippen LogP contribution in [-0.2, 0) is 19.6 Å². The number of methoxy groups -OCH3 is 1. The van der Waals surface area contributed by atoms with Crippen molar-refractivity contribution in [3.63, 3.8) is 0 Å². The molecule has 1 fully saturated rings. The molecule has 1 amide bonds. The summed E-state index contributed by atoms with van der Waals surface area (Å²) in [6.45, 7) is 1.30. The molecule has 0 saturated carbocycles. The van der Waals surface area contributed by atoms with E-state index in [0.717, 1.165) is 9.75 Å². The zero-order valence-corrected chi connectivity index (χ0v) is 19.8. The highest BCUT2D eigenvalue weighted by Gasteiger charge is 2.27. The van der Waals surface area contributed by atoms with Gasteiger partial charge in [-0.1, -0.05) is 12.1 Å². The maximum absolute atomic E-state index is 13.3. The van der Waals surface area contributed by atoms with Crippen molar-refractivity contribution < 1.29 is 22.7 Å². The van der Waals surface area contributed by atoms with E-state index in [1.165, 1.54) is 46.2 Å². The van der Waals surface area contributed by atoms with Crippen LogP contribution in [0.5, 0.6) is 5.75 Å². The van der Waals surface area contributed by atoms with E-state index < -0.39 is 10.0 Å². The van der Waals surface area contributed by atoms with Crippen LogP contribution in [0.4, 0.5) is 5.69 Å². The maximum atomic E-state index is 13.3. The third-order valence-electron chi connectivity index (χ3n) is 4.89.